The fourth-order valence-electron chi connectivity index (χ4n) is 2.69. The van der Waals surface area contributed by atoms with Crippen LogP contribution in [0.1, 0.15) is 26.2 Å². The fourth-order valence-corrected chi connectivity index (χ4v) is 2.69. The average Bonchev–Trinajstić information content (AvgIpc) is 2.95. The summed E-state index contributed by atoms with van der Waals surface area (Å²) in [5, 5.41) is 2.95. The summed E-state index contributed by atoms with van der Waals surface area (Å²) in [5.74, 6) is 1.45. The van der Waals surface area contributed by atoms with Crippen molar-refractivity contribution < 1.29 is 14.3 Å². The largest absolute Gasteiger partial charge is 0.454 e. The molecule has 1 fully saturated rings. The van der Waals surface area contributed by atoms with Crippen LogP contribution in [-0.2, 0) is 4.79 Å². The van der Waals surface area contributed by atoms with Gasteiger partial charge in [0.1, 0.15) is 0 Å². The van der Waals surface area contributed by atoms with Gasteiger partial charge in [-0.1, -0.05) is 6.42 Å². The van der Waals surface area contributed by atoms with Crippen LogP contribution >= 0.6 is 0 Å². The second kappa shape index (κ2) is 5.71. The Bertz CT molecular complexity index is 498. The highest BCUT2D eigenvalue weighted by molar-refractivity contribution is 5.94. The molecule has 2 aliphatic heterocycles. The van der Waals surface area contributed by atoms with Gasteiger partial charge in [0, 0.05) is 11.8 Å². The lowest BCUT2D eigenvalue weighted by Gasteiger charge is -2.31. The summed E-state index contributed by atoms with van der Waals surface area (Å²) < 4.78 is 10.6. The quantitative estimate of drug-likeness (QED) is 0.919. The van der Waals surface area contributed by atoms with Crippen LogP contribution in [-0.4, -0.2) is 36.7 Å². The maximum Gasteiger partial charge on any atom is 0.241 e. The first kappa shape index (κ1) is 13.2. The molecule has 0 radical (unpaired) electrons. The number of carbonyl (C=O) groups excluding carboxylic acids is 1. The van der Waals surface area contributed by atoms with Crippen molar-refractivity contribution in [2.45, 2.75) is 32.2 Å². The normalized spacial score (nSPS) is 19.6. The second-order valence-corrected chi connectivity index (χ2v) is 5.33. The van der Waals surface area contributed by atoms with Crippen LogP contribution in [0.5, 0.6) is 11.5 Å². The number of hydrogen-bond donors (Lipinski definition) is 1. The number of carbonyl (C=O) groups is 1. The third-order valence-corrected chi connectivity index (χ3v) is 3.96. The summed E-state index contributed by atoms with van der Waals surface area (Å²) in [6.45, 7) is 4.23. The molecule has 0 saturated carbocycles. The van der Waals surface area contributed by atoms with Crippen LogP contribution in [0.4, 0.5) is 5.69 Å². The van der Waals surface area contributed by atoms with E-state index in [0.29, 0.717) is 5.75 Å². The molecule has 0 bridgehead atoms. The standard InChI is InChI=1S/C15H20N2O3/c1-11(17-7-3-2-4-8-17)15(18)16-12-5-6-13-14(9-12)20-10-19-13/h5-6,9,11H,2-4,7-8,10H2,1H3,(H,16,18)/t11-/m1/s1. The molecular formula is C15H20N2O3. The number of hydrogen-bond acceptors (Lipinski definition) is 4. The zero-order valence-corrected chi connectivity index (χ0v) is 11.7. The molecular weight excluding hydrogens is 256 g/mol. The molecule has 2 aliphatic rings. The summed E-state index contributed by atoms with van der Waals surface area (Å²) >= 11 is 0. The van der Waals surface area contributed by atoms with E-state index in [1.807, 2.05) is 25.1 Å². The first-order chi connectivity index (χ1) is 9.74. The molecule has 3 rings (SSSR count). The Hall–Kier alpha value is -1.75. The van der Waals surface area contributed by atoms with Crippen molar-refractivity contribution in [3.05, 3.63) is 18.2 Å². The summed E-state index contributed by atoms with van der Waals surface area (Å²) in [6.07, 6.45) is 3.64. The Morgan fingerprint density at radius 2 is 1.95 bits per heavy atom. The molecule has 1 aromatic carbocycles. The van der Waals surface area contributed by atoms with Crippen molar-refractivity contribution in [1.29, 1.82) is 0 Å². The van der Waals surface area contributed by atoms with Crippen molar-refractivity contribution in [2.75, 3.05) is 25.2 Å². The van der Waals surface area contributed by atoms with E-state index in [1.165, 1.54) is 19.3 Å². The number of fused-ring (bicyclic) bond motifs is 1. The Morgan fingerprint density at radius 1 is 1.20 bits per heavy atom. The first-order valence-electron chi connectivity index (χ1n) is 7.18. The third kappa shape index (κ3) is 2.72. The van der Waals surface area contributed by atoms with Crippen LogP contribution in [0.15, 0.2) is 18.2 Å². The molecule has 20 heavy (non-hydrogen) atoms. The van der Waals surface area contributed by atoms with E-state index >= 15 is 0 Å². The highest BCUT2D eigenvalue weighted by Gasteiger charge is 2.23. The summed E-state index contributed by atoms with van der Waals surface area (Å²) in [6, 6.07) is 5.38. The number of nitrogens with one attached hydrogen (secondary N) is 1. The smallest absolute Gasteiger partial charge is 0.241 e. The van der Waals surface area contributed by atoms with E-state index in [-0.39, 0.29) is 18.7 Å². The number of anilines is 1. The minimum absolute atomic E-state index is 0.0331. The molecule has 5 nitrogen and oxygen atoms in total. The highest BCUT2D eigenvalue weighted by atomic mass is 16.7. The van der Waals surface area contributed by atoms with Crippen LogP contribution in [0.3, 0.4) is 0 Å². The lowest BCUT2D eigenvalue weighted by Crippen LogP contribution is -2.44. The molecule has 108 valence electrons. The number of piperidine rings is 1. The molecule has 2 heterocycles. The van der Waals surface area contributed by atoms with Crippen molar-refractivity contribution in [3.63, 3.8) is 0 Å². The zero-order valence-electron chi connectivity index (χ0n) is 11.7. The summed E-state index contributed by atoms with van der Waals surface area (Å²) in [4.78, 5) is 14.5. The van der Waals surface area contributed by atoms with Gasteiger partial charge in [-0.05, 0) is 45.0 Å². The maximum absolute atomic E-state index is 12.3. The lowest BCUT2D eigenvalue weighted by atomic mass is 10.1. The average molecular weight is 276 g/mol. The molecule has 1 amide bonds. The van der Waals surface area contributed by atoms with Gasteiger partial charge in [-0.15, -0.1) is 0 Å². The molecule has 0 unspecified atom stereocenters. The van der Waals surface area contributed by atoms with E-state index in [1.54, 1.807) is 0 Å². The zero-order chi connectivity index (χ0) is 13.9. The van der Waals surface area contributed by atoms with E-state index in [9.17, 15) is 4.79 Å². The third-order valence-electron chi connectivity index (χ3n) is 3.96. The fraction of sp³-hybridized carbons (Fsp3) is 0.533. The predicted molar refractivity (Wildman–Crippen MR) is 76.1 cm³/mol. The topological polar surface area (TPSA) is 50.8 Å². The van der Waals surface area contributed by atoms with Gasteiger partial charge in [0.2, 0.25) is 12.7 Å². The van der Waals surface area contributed by atoms with E-state index in [2.05, 4.69) is 10.2 Å². The van der Waals surface area contributed by atoms with Gasteiger partial charge >= 0.3 is 0 Å². The van der Waals surface area contributed by atoms with Gasteiger partial charge in [-0.3, -0.25) is 9.69 Å². The summed E-state index contributed by atoms with van der Waals surface area (Å²) in [7, 11) is 0. The number of likely N-dealkylation sites (tertiary alicyclic amines) is 1. The SMILES string of the molecule is C[C@H](C(=O)Nc1ccc2c(c1)OCO2)N1CCCCC1. The molecule has 1 aromatic rings. The van der Waals surface area contributed by atoms with Crippen LogP contribution in [0.25, 0.3) is 0 Å². The van der Waals surface area contributed by atoms with Crippen molar-refractivity contribution in [2.24, 2.45) is 0 Å². The number of rotatable bonds is 3. The van der Waals surface area contributed by atoms with Crippen molar-refractivity contribution in [1.82, 2.24) is 4.90 Å². The molecule has 1 N–H and O–H groups in total. The highest BCUT2D eigenvalue weighted by Crippen LogP contribution is 2.34. The van der Waals surface area contributed by atoms with E-state index < -0.39 is 0 Å². The van der Waals surface area contributed by atoms with Gasteiger partial charge in [0.05, 0.1) is 6.04 Å². The van der Waals surface area contributed by atoms with Gasteiger partial charge in [-0.25, -0.2) is 0 Å². The number of ether oxygens (including phenoxy) is 2. The monoisotopic (exact) mass is 276 g/mol. The van der Waals surface area contributed by atoms with Gasteiger partial charge in [0.25, 0.3) is 0 Å². The van der Waals surface area contributed by atoms with Crippen LogP contribution < -0.4 is 14.8 Å². The molecule has 1 atom stereocenters. The maximum atomic E-state index is 12.3. The van der Waals surface area contributed by atoms with E-state index in [0.717, 1.165) is 24.5 Å². The minimum Gasteiger partial charge on any atom is -0.454 e. The Morgan fingerprint density at radius 3 is 2.75 bits per heavy atom. The molecule has 5 heteroatoms. The molecule has 1 saturated heterocycles. The van der Waals surface area contributed by atoms with Crippen molar-refractivity contribution in [3.8, 4) is 11.5 Å². The second-order valence-electron chi connectivity index (χ2n) is 5.33. The van der Waals surface area contributed by atoms with Gasteiger partial charge in [-0.2, -0.15) is 0 Å². The van der Waals surface area contributed by atoms with E-state index in [4.69, 9.17) is 9.47 Å². The minimum atomic E-state index is -0.0966. The van der Waals surface area contributed by atoms with Crippen LogP contribution in [0, 0.1) is 0 Å². The number of benzene rings is 1. The molecule has 0 aliphatic carbocycles. The first-order valence-corrected chi connectivity index (χ1v) is 7.18. The Kier molecular flexibility index (Phi) is 3.78. The molecule has 0 aromatic heterocycles. The number of amides is 1. The van der Waals surface area contributed by atoms with Gasteiger partial charge in [0.15, 0.2) is 11.5 Å². The van der Waals surface area contributed by atoms with Crippen molar-refractivity contribution >= 4 is 11.6 Å². The number of nitrogens with zero attached hydrogens (tertiary/aromatic N) is 1. The summed E-state index contributed by atoms with van der Waals surface area (Å²) in [5.41, 5.74) is 0.753. The molecule has 0 spiro atoms. The predicted octanol–water partition coefficient (Wildman–Crippen LogP) is 2.23. The van der Waals surface area contributed by atoms with Gasteiger partial charge < -0.3 is 14.8 Å². The Balaban J connectivity index is 1.63. The van der Waals surface area contributed by atoms with Crippen LogP contribution in [0.2, 0.25) is 0 Å². The lowest BCUT2D eigenvalue weighted by molar-refractivity contribution is -0.121. The Labute approximate surface area is 118 Å².